The van der Waals surface area contributed by atoms with Crippen molar-refractivity contribution in [1.82, 2.24) is 19.7 Å². The molecular formula is C30H45ClN5O9PS. The van der Waals surface area contributed by atoms with Gasteiger partial charge in [-0.3, -0.25) is 14.3 Å². The maximum absolute atomic E-state index is 13.6. The minimum atomic E-state index is -3.38. The van der Waals surface area contributed by atoms with Gasteiger partial charge < -0.3 is 28.2 Å². The maximum atomic E-state index is 13.6. The van der Waals surface area contributed by atoms with Crippen LogP contribution in [0, 0.1) is 0 Å². The number of halogens is 1. The first-order chi connectivity index (χ1) is 22.0. The lowest BCUT2D eigenvalue weighted by Gasteiger charge is -2.31. The van der Waals surface area contributed by atoms with Crippen molar-refractivity contribution in [2.45, 2.75) is 121 Å². The minimum absolute atomic E-state index is 0.0710. The number of carbonyl (C=O) groups excluding carboxylic acids is 2. The van der Waals surface area contributed by atoms with Crippen molar-refractivity contribution in [3.63, 3.8) is 0 Å². The molecule has 4 heterocycles. The Balaban J connectivity index is 1.48. The van der Waals surface area contributed by atoms with E-state index in [0.717, 1.165) is 37.4 Å². The average molecular weight is 718 g/mol. The molecule has 2 aliphatic heterocycles. The molecule has 1 aliphatic carbocycles. The summed E-state index contributed by atoms with van der Waals surface area (Å²) in [6.07, 6.45) is 2.04. The fourth-order valence-electron chi connectivity index (χ4n) is 6.25. The van der Waals surface area contributed by atoms with Gasteiger partial charge in [0.05, 0.1) is 30.9 Å². The van der Waals surface area contributed by atoms with Crippen molar-refractivity contribution in [3.8, 4) is 0 Å². The molecule has 2 saturated heterocycles. The van der Waals surface area contributed by atoms with E-state index in [-0.39, 0.29) is 30.3 Å². The predicted octanol–water partition coefficient (Wildman–Crippen LogP) is 6.15. The Morgan fingerprint density at radius 1 is 1.17 bits per heavy atom. The van der Waals surface area contributed by atoms with Gasteiger partial charge in [-0.1, -0.05) is 12.8 Å². The Hall–Kier alpha value is -2.00. The third kappa shape index (κ3) is 7.92. The quantitative estimate of drug-likeness (QED) is 0.149. The molecular weight excluding hydrogens is 673 g/mol. The van der Waals surface area contributed by atoms with Crippen molar-refractivity contribution < 1.29 is 42.4 Å². The number of rotatable bonds is 11. The van der Waals surface area contributed by atoms with Crippen LogP contribution in [0.25, 0.3) is 11.0 Å². The molecule has 0 radical (unpaired) electrons. The largest absolute Gasteiger partial charge is 0.465 e. The average Bonchev–Trinajstić information content (AvgIpc) is 3.73. The first-order valence-corrected chi connectivity index (χ1v) is 19.6. The van der Waals surface area contributed by atoms with E-state index < -0.39 is 60.4 Å². The number of carbonyl (C=O) groups is 2. The SMILES string of the molecule is CCOC(=O)C(SC[C@H]1O[C@@H](n2ncc3c(N(C(=O)OC(C)(C)C)C4CCCC4)nc(Cl)nc32)[C@@H]2OC(C)(C)O[C@@H]21)P(C)(=O)OCC. The molecule has 3 aliphatic rings. The number of aromatic nitrogens is 4. The molecule has 0 N–H and O–H groups in total. The van der Waals surface area contributed by atoms with Crippen LogP contribution in [0.4, 0.5) is 10.6 Å². The third-order valence-electron chi connectivity index (χ3n) is 8.00. The second kappa shape index (κ2) is 14.1. The smallest absolute Gasteiger partial charge is 0.416 e. The topological polar surface area (TPSA) is 153 Å². The molecule has 0 spiro atoms. The number of hydrogen-bond acceptors (Lipinski definition) is 13. The van der Waals surface area contributed by atoms with E-state index in [2.05, 4.69) is 15.1 Å². The summed E-state index contributed by atoms with van der Waals surface area (Å²) < 4.78 is 50.6. The summed E-state index contributed by atoms with van der Waals surface area (Å²) in [5.74, 6) is -1.02. The standard InChI is InChI=1S/C30H45ClN5O9PS/c1-9-40-25(37)26(46(8,39)41-10-2)47-16-19-20-21(44-30(6,7)43-20)24(42-19)36-23-18(15-32-36)22(33-27(31)34-23)35(17-13-11-12-14-17)28(38)45-29(3,4)5/h15,17,19-21,24,26H,9-14,16H2,1-8H3/t19-,20-,21-,24-,26?,46?/m1/s1. The number of amides is 1. The van der Waals surface area contributed by atoms with Crippen LogP contribution in [-0.4, -0.2) is 98.2 Å². The van der Waals surface area contributed by atoms with E-state index in [4.69, 9.17) is 39.8 Å². The molecule has 0 aromatic carbocycles. The van der Waals surface area contributed by atoms with E-state index >= 15 is 0 Å². The van der Waals surface area contributed by atoms with Gasteiger partial charge in [-0.2, -0.15) is 15.1 Å². The summed E-state index contributed by atoms with van der Waals surface area (Å²) in [6, 6.07) is -0.123. The van der Waals surface area contributed by atoms with Crippen molar-refractivity contribution in [2.75, 3.05) is 30.5 Å². The zero-order valence-corrected chi connectivity index (χ0v) is 30.6. The van der Waals surface area contributed by atoms with Crippen LogP contribution in [0.3, 0.4) is 0 Å². The molecule has 0 bridgehead atoms. The monoisotopic (exact) mass is 717 g/mol. The highest BCUT2D eigenvalue weighted by Crippen LogP contribution is 2.54. The van der Waals surface area contributed by atoms with Gasteiger partial charge in [-0.05, 0) is 72.9 Å². The summed E-state index contributed by atoms with van der Waals surface area (Å²) in [7, 11) is -3.38. The Bertz CT molecular complexity index is 1510. The van der Waals surface area contributed by atoms with Gasteiger partial charge in [0.2, 0.25) is 12.7 Å². The molecule has 2 unspecified atom stereocenters. The summed E-state index contributed by atoms with van der Waals surface area (Å²) in [6.45, 7) is 14.2. The van der Waals surface area contributed by atoms with Crippen molar-refractivity contribution in [2.24, 2.45) is 0 Å². The molecule has 47 heavy (non-hydrogen) atoms. The molecule has 1 amide bonds. The van der Waals surface area contributed by atoms with E-state index in [1.54, 1.807) is 29.6 Å². The van der Waals surface area contributed by atoms with Crippen LogP contribution < -0.4 is 4.90 Å². The third-order valence-corrected chi connectivity index (χ3v) is 12.6. The molecule has 5 rings (SSSR count). The van der Waals surface area contributed by atoms with E-state index in [1.165, 1.54) is 6.66 Å². The molecule has 2 aromatic rings. The van der Waals surface area contributed by atoms with Gasteiger partial charge in [0.15, 0.2) is 28.5 Å². The molecule has 6 atom stereocenters. The molecule has 17 heteroatoms. The van der Waals surface area contributed by atoms with E-state index in [1.807, 2.05) is 34.6 Å². The second-order valence-corrected chi connectivity index (χ2v) is 17.7. The van der Waals surface area contributed by atoms with Crippen molar-refractivity contribution >= 4 is 59.6 Å². The van der Waals surface area contributed by atoms with Crippen LogP contribution in [-0.2, 0) is 37.6 Å². The molecule has 262 valence electrons. The Morgan fingerprint density at radius 2 is 1.85 bits per heavy atom. The normalized spacial score (nSPS) is 26.2. The highest BCUT2D eigenvalue weighted by molar-refractivity contribution is 8.06. The number of fused-ring (bicyclic) bond motifs is 2. The Morgan fingerprint density at radius 3 is 2.49 bits per heavy atom. The number of hydrogen-bond donors (Lipinski definition) is 0. The zero-order chi connectivity index (χ0) is 34.3. The minimum Gasteiger partial charge on any atom is -0.465 e. The number of anilines is 1. The molecule has 1 saturated carbocycles. The van der Waals surface area contributed by atoms with Gasteiger partial charge >= 0.3 is 12.1 Å². The van der Waals surface area contributed by atoms with E-state index in [9.17, 15) is 14.2 Å². The second-order valence-electron chi connectivity index (χ2n) is 13.3. The van der Waals surface area contributed by atoms with Crippen LogP contribution in [0.1, 0.15) is 80.4 Å². The van der Waals surface area contributed by atoms with Gasteiger partial charge in [-0.25, -0.2) is 9.48 Å². The number of nitrogens with zero attached hydrogens (tertiary/aromatic N) is 5. The summed E-state index contributed by atoms with van der Waals surface area (Å²) in [4.78, 5) is 36.0. The number of ether oxygens (including phenoxy) is 5. The number of esters is 1. The van der Waals surface area contributed by atoms with Crippen molar-refractivity contribution in [3.05, 3.63) is 11.5 Å². The van der Waals surface area contributed by atoms with Gasteiger partial charge in [0.25, 0.3) is 0 Å². The predicted molar refractivity (Wildman–Crippen MR) is 177 cm³/mol. The first-order valence-electron chi connectivity index (χ1n) is 16.0. The lowest BCUT2D eigenvalue weighted by Crippen LogP contribution is -2.43. The molecule has 3 fully saturated rings. The zero-order valence-electron chi connectivity index (χ0n) is 28.1. The maximum Gasteiger partial charge on any atom is 0.416 e. The Kier molecular flexibility index (Phi) is 10.9. The summed E-state index contributed by atoms with van der Waals surface area (Å²) in [5, 5.41) is 5.07. The highest BCUT2D eigenvalue weighted by atomic mass is 35.5. The van der Waals surface area contributed by atoms with Gasteiger partial charge in [0.1, 0.15) is 17.8 Å². The Labute approximate surface area is 284 Å². The molecule has 14 nitrogen and oxygen atoms in total. The molecule has 2 aromatic heterocycles. The van der Waals surface area contributed by atoms with E-state index in [0.29, 0.717) is 16.9 Å². The first kappa shape index (κ1) is 36.3. The van der Waals surface area contributed by atoms with Gasteiger partial charge in [-0.15, -0.1) is 11.8 Å². The van der Waals surface area contributed by atoms with Gasteiger partial charge in [0, 0.05) is 18.5 Å². The fraction of sp³-hybridized carbons (Fsp3) is 0.767. The fourth-order valence-corrected chi connectivity index (χ4v) is 9.88. The van der Waals surface area contributed by atoms with Crippen LogP contribution in [0.15, 0.2) is 6.20 Å². The lowest BCUT2D eigenvalue weighted by atomic mass is 10.1. The summed E-state index contributed by atoms with van der Waals surface area (Å²) in [5.41, 5.74) is -0.378. The van der Waals surface area contributed by atoms with Crippen molar-refractivity contribution in [1.29, 1.82) is 0 Å². The van der Waals surface area contributed by atoms with Crippen LogP contribution >= 0.6 is 30.7 Å². The lowest BCUT2D eigenvalue weighted by molar-refractivity contribution is -0.195. The highest BCUT2D eigenvalue weighted by Gasteiger charge is 2.57. The number of thioether (sulfide) groups is 1. The van der Waals surface area contributed by atoms with Crippen LogP contribution in [0.2, 0.25) is 5.28 Å². The van der Waals surface area contributed by atoms with Crippen LogP contribution in [0.5, 0.6) is 0 Å². The summed E-state index contributed by atoms with van der Waals surface area (Å²) >= 11 is 7.66.